The molecule has 0 saturated heterocycles. The molecule has 0 radical (unpaired) electrons. The molecule has 2 rings (SSSR count). The number of rotatable bonds is 5. The minimum Gasteiger partial charge on any atom is -0.312 e. The lowest BCUT2D eigenvalue weighted by Gasteiger charge is -2.39. The van der Waals surface area contributed by atoms with Crippen molar-refractivity contribution in [1.29, 1.82) is 0 Å². The van der Waals surface area contributed by atoms with Crippen molar-refractivity contribution in [3.05, 3.63) is 0 Å². The Morgan fingerprint density at radius 1 is 1.06 bits per heavy atom. The predicted molar refractivity (Wildman–Crippen MR) is 78.9 cm³/mol. The summed E-state index contributed by atoms with van der Waals surface area (Å²) in [5.74, 6) is 1.01. The minimum absolute atomic E-state index is 0.460. The Morgan fingerprint density at radius 2 is 1.67 bits per heavy atom. The highest BCUT2D eigenvalue weighted by Gasteiger charge is 2.36. The maximum Gasteiger partial charge on any atom is 0.0327 e. The Hall–Kier alpha value is -0.0800. The Balaban J connectivity index is 1.77. The van der Waals surface area contributed by atoms with Crippen molar-refractivity contribution in [2.75, 3.05) is 20.6 Å². The molecule has 2 heteroatoms. The normalized spacial score (nSPS) is 32.0. The summed E-state index contributed by atoms with van der Waals surface area (Å²) >= 11 is 0. The van der Waals surface area contributed by atoms with Crippen LogP contribution in [0.1, 0.15) is 64.7 Å². The molecular formula is C16H32N2. The van der Waals surface area contributed by atoms with Gasteiger partial charge in [-0.25, -0.2) is 0 Å². The van der Waals surface area contributed by atoms with E-state index in [1.54, 1.807) is 0 Å². The monoisotopic (exact) mass is 252 g/mol. The minimum atomic E-state index is 0.460. The fraction of sp³-hybridized carbons (Fsp3) is 1.00. The maximum atomic E-state index is 3.89. The molecule has 0 aromatic carbocycles. The lowest BCUT2D eigenvalue weighted by atomic mass is 9.84. The number of nitrogens with zero attached hydrogens (tertiary/aromatic N) is 1. The molecule has 0 heterocycles. The summed E-state index contributed by atoms with van der Waals surface area (Å²) < 4.78 is 0. The molecule has 106 valence electrons. The summed E-state index contributed by atoms with van der Waals surface area (Å²) in [6, 6.07) is 0.797. The van der Waals surface area contributed by atoms with Crippen molar-refractivity contribution in [3.63, 3.8) is 0 Å². The van der Waals surface area contributed by atoms with E-state index in [4.69, 9.17) is 0 Å². The number of hydrogen-bond donors (Lipinski definition) is 1. The molecule has 2 fully saturated rings. The van der Waals surface area contributed by atoms with Gasteiger partial charge in [0.05, 0.1) is 0 Å². The van der Waals surface area contributed by atoms with Crippen molar-refractivity contribution < 1.29 is 0 Å². The second-order valence-corrected chi connectivity index (χ2v) is 6.83. The van der Waals surface area contributed by atoms with Gasteiger partial charge in [0, 0.05) is 18.1 Å². The molecule has 2 nitrogen and oxygen atoms in total. The Bertz CT molecular complexity index is 235. The lowest BCUT2D eigenvalue weighted by molar-refractivity contribution is 0.142. The van der Waals surface area contributed by atoms with Crippen LogP contribution in [0.3, 0.4) is 0 Å². The second-order valence-electron chi connectivity index (χ2n) is 6.83. The molecule has 0 atom stereocenters. The third-order valence-electron chi connectivity index (χ3n) is 5.63. The fourth-order valence-electron chi connectivity index (χ4n) is 3.92. The topological polar surface area (TPSA) is 15.3 Å². The van der Waals surface area contributed by atoms with Gasteiger partial charge in [-0.3, -0.25) is 0 Å². The van der Waals surface area contributed by atoms with Gasteiger partial charge in [-0.15, -0.1) is 0 Å². The number of hydrogen-bond acceptors (Lipinski definition) is 2. The van der Waals surface area contributed by atoms with Gasteiger partial charge >= 0.3 is 0 Å². The first-order valence-corrected chi connectivity index (χ1v) is 8.07. The number of nitrogens with one attached hydrogen (secondary N) is 1. The van der Waals surface area contributed by atoms with Crippen molar-refractivity contribution >= 4 is 0 Å². The van der Waals surface area contributed by atoms with E-state index in [1.807, 2.05) is 0 Å². The average Bonchev–Trinajstić information content (AvgIpc) is 2.87. The van der Waals surface area contributed by atoms with E-state index in [9.17, 15) is 0 Å². The van der Waals surface area contributed by atoms with Crippen LogP contribution >= 0.6 is 0 Å². The summed E-state index contributed by atoms with van der Waals surface area (Å²) in [6.45, 7) is 3.56. The van der Waals surface area contributed by atoms with Gasteiger partial charge in [0.2, 0.25) is 0 Å². The third-order valence-corrected chi connectivity index (χ3v) is 5.63. The molecule has 2 saturated carbocycles. The molecule has 0 amide bonds. The van der Waals surface area contributed by atoms with Crippen molar-refractivity contribution in [2.24, 2.45) is 5.92 Å². The van der Waals surface area contributed by atoms with Gasteiger partial charge in [-0.1, -0.05) is 26.2 Å². The van der Waals surface area contributed by atoms with Crippen LogP contribution in [-0.2, 0) is 0 Å². The van der Waals surface area contributed by atoms with Crippen molar-refractivity contribution in [1.82, 2.24) is 10.2 Å². The smallest absolute Gasteiger partial charge is 0.0327 e. The highest BCUT2D eigenvalue weighted by Crippen LogP contribution is 2.34. The first kappa shape index (κ1) is 14.3. The van der Waals surface area contributed by atoms with Gasteiger partial charge in [-0.2, -0.15) is 0 Å². The largest absolute Gasteiger partial charge is 0.312 e. The van der Waals surface area contributed by atoms with Crippen LogP contribution in [-0.4, -0.2) is 37.1 Å². The summed E-state index contributed by atoms with van der Waals surface area (Å²) in [7, 11) is 4.53. The quantitative estimate of drug-likeness (QED) is 0.806. The van der Waals surface area contributed by atoms with Gasteiger partial charge in [-0.05, 0) is 58.5 Å². The highest BCUT2D eigenvalue weighted by molar-refractivity contribution is 4.95. The summed E-state index contributed by atoms with van der Waals surface area (Å²) in [6.07, 6.45) is 12.7. The molecule has 18 heavy (non-hydrogen) atoms. The van der Waals surface area contributed by atoms with Gasteiger partial charge < -0.3 is 10.2 Å². The van der Waals surface area contributed by atoms with Crippen LogP contribution in [0.5, 0.6) is 0 Å². The summed E-state index contributed by atoms with van der Waals surface area (Å²) in [5.41, 5.74) is 0.460. The van der Waals surface area contributed by atoms with E-state index in [0.29, 0.717) is 5.54 Å². The zero-order valence-corrected chi connectivity index (χ0v) is 12.7. The summed E-state index contributed by atoms with van der Waals surface area (Å²) in [4.78, 5) is 2.48. The van der Waals surface area contributed by atoms with Crippen LogP contribution in [0, 0.1) is 5.92 Å². The number of likely N-dealkylation sites (N-methyl/N-ethyl adjacent to an activating group) is 1. The van der Waals surface area contributed by atoms with Crippen LogP contribution < -0.4 is 5.32 Å². The molecule has 0 spiro atoms. The van der Waals surface area contributed by atoms with Crippen molar-refractivity contribution in [2.45, 2.75) is 76.3 Å². The maximum absolute atomic E-state index is 3.89. The Morgan fingerprint density at radius 3 is 2.17 bits per heavy atom. The first-order valence-electron chi connectivity index (χ1n) is 8.07. The van der Waals surface area contributed by atoms with Crippen LogP contribution in [0.25, 0.3) is 0 Å². The first-order chi connectivity index (χ1) is 8.66. The molecule has 0 aliphatic heterocycles. The lowest BCUT2D eigenvalue weighted by Crippen LogP contribution is -2.52. The predicted octanol–water partition coefficient (Wildman–Crippen LogP) is 3.42. The van der Waals surface area contributed by atoms with E-state index in [2.05, 4.69) is 31.2 Å². The molecule has 2 aliphatic carbocycles. The zero-order valence-electron chi connectivity index (χ0n) is 12.7. The van der Waals surface area contributed by atoms with Crippen LogP contribution in [0.15, 0.2) is 0 Å². The SMILES string of the molecule is CCC1CCC(NCC2(N(C)C)CCCC2)CC1. The van der Waals surface area contributed by atoms with Crippen LogP contribution in [0.4, 0.5) is 0 Å². The Labute approximate surface area is 114 Å². The standard InChI is InChI=1S/C16H32N2/c1-4-14-7-9-15(10-8-14)17-13-16(18(2)3)11-5-6-12-16/h14-15,17H,4-13H2,1-3H3. The van der Waals surface area contributed by atoms with E-state index in [-0.39, 0.29) is 0 Å². The average molecular weight is 252 g/mol. The molecule has 0 aromatic rings. The van der Waals surface area contributed by atoms with Gasteiger partial charge in [0.1, 0.15) is 0 Å². The third kappa shape index (κ3) is 3.27. The van der Waals surface area contributed by atoms with Crippen LogP contribution in [0.2, 0.25) is 0 Å². The zero-order chi connectivity index (χ0) is 13.0. The Kier molecular flexibility index (Phi) is 5.08. The highest BCUT2D eigenvalue weighted by atomic mass is 15.2. The van der Waals surface area contributed by atoms with Gasteiger partial charge in [0.25, 0.3) is 0 Å². The molecule has 2 aliphatic rings. The molecule has 0 aromatic heterocycles. The van der Waals surface area contributed by atoms with Crippen molar-refractivity contribution in [3.8, 4) is 0 Å². The second kappa shape index (κ2) is 6.38. The van der Waals surface area contributed by atoms with E-state index >= 15 is 0 Å². The molecule has 0 unspecified atom stereocenters. The summed E-state index contributed by atoms with van der Waals surface area (Å²) in [5, 5.41) is 3.89. The molecule has 1 N–H and O–H groups in total. The van der Waals surface area contributed by atoms with E-state index in [0.717, 1.165) is 12.0 Å². The van der Waals surface area contributed by atoms with Gasteiger partial charge in [0.15, 0.2) is 0 Å². The fourth-order valence-corrected chi connectivity index (χ4v) is 3.92. The molecular weight excluding hydrogens is 220 g/mol. The van der Waals surface area contributed by atoms with E-state index < -0.39 is 0 Å². The molecule has 0 bridgehead atoms. The van der Waals surface area contributed by atoms with E-state index in [1.165, 1.54) is 64.3 Å².